The summed E-state index contributed by atoms with van der Waals surface area (Å²) < 4.78 is 5.00. The number of nitrogens with zero attached hydrogens (tertiary/aromatic N) is 3. The average molecular weight is 359 g/mol. The monoisotopic (exact) mass is 359 g/mol. The van der Waals surface area contributed by atoms with E-state index < -0.39 is 18.5 Å². The number of nitriles is 2. The number of hydrogen-bond acceptors (Lipinski definition) is 5. The van der Waals surface area contributed by atoms with E-state index in [1.54, 1.807) is 54.6 Å². The van der Waals surface area contributed by atoms with Crippen LogP contribution in [-0.2, 0) is 14.3 Å². The normalized spacial score (nSPS) is 10.0. The van der Waals surface area contributed by atoms with Crippen LogP contribution in [-0.4, -0.2) is 25.0 Å². The van der Waals surface area contributed by atoms with Crippen LogP contribution in [0.25, 0.3) is 6.08 Å². The molecule has 0 fully saturated rings. The summed E-state index contributed by atoms with van der Waals surface area (Å²) in [5.41, 5.74) is 1.90. The molecule has 0 aliphatic rings. The smallest absolute Gasteiger partial charge is 0.331 e. The molecule has 0 aliphatic carbocycles. The zero-order valence-electron chi connectivity index (χ0n) is 14.5. The van der Waals surface area contributed by atoms with Crippen LogP contribution in [0.4, 0.5) is 5.69 Å². The van der Waals surface area contributed by atoms with Crippen molar-refractivity contribution in [3.63, 3.8) is 0 Å². The van der Waals surface area contributed by atoms with Crippen molar-refractivity contribution >= 4 is 23.6 Å². The van der Waals surface area contributed by atoms with E-state index >= 15 is 0 Å². The maximum atomic E-state index is 12.4. The van der Waals surface area contributed by atoms with Crippen molar-refractivity contribution in [1.82, 2.24) is 0 Å². The molecule has 0 N–H and O–H groups in total. The quantitative estimate of drug-likeness (QED) is 0.559. The fourth-order valence-electron chi connectivity index (χ4n) is 2.26. The van der Waals surface area contributed by atoms with Crippen LogP contribution in [0.15, 0.2) is 60.7 Å². The summed E-state index contributed by atoms with van der Waals surface area (Å²) in [7, 11) is 0. The maximum absolute atomic E-state index is 12.4. The Bertz CT molecular complexity index is 891. The van der Waals surface area contributed by atoms with Gasteiger partial charge in [0, 0.05) is 18.3 Å². The van der Waals surface area contributed by atoms with Gasteiger partial charge in [-0.3, -0.25) is 4.79 Å². The van der Waals surface area contributed by atoms with Gasteiger partial charge in [-0.1, -0.05) is 30.3 Å². The SMILES string of the molecule is N#CCCN(C(=O)COC(=O)/C=C/c1ccc(C#N)cc1)c1ccccc1. The average Bonchev–Trinajstić information content (AvgIpc) is 2.72. The lowest BCUT2D eigenvalue weighted by molar-refractivity contribution is -0.142. The van der Waals surface area contributed by atoms with E-state index in [1.807, 2.05) is 18.2 Å². The highest BCUT2D eigenvalue weighted by atomic mass is 16.5. The summed E-state index contributed by atoms with van der Waals surface area (Å²) in [5, 5.41) is 17.5. The van der Waals surface area contributed by atoms with E-state index in [-0.39, 0.29) is 13.0 Å². The van der Waals surface area contributed by atoms with Gasteiger partial charge in [0.25, 0.3) is 5.91 Å². The highest BCUT2D eigenvalue weighted by molar-refractivity contribution is 5.96. The molecule has 134 valence electrons. The topological polar surface area (TPSA) is 94.2 Å². The number of para-hydroxylation sites is 1. The first-order chi connectivity index (χ1) is 13.1. The molecule has 6 heteroatoms. The van der Waals surface area contributed by atoms with Gasteiger partial charge < -0.3 is 9.64 Å². The van der Waals surface area contributed by atoms with Crippen molar-refractivity contribution in [2.24, 2.45) is 0 Å². The Hall–Kier alpha value is -3.90. The lowest BCUT2D eigenvalue weighted by atomic mass is 10.1. The number of carbonyl (C=O) groups excluding carboxylic acids is 2. The third-order valence-electron chi connectivity index (χ3n) is 3.61. The number of carbonyl (C=O) groups is 2. The van der Waals surface area contributed by atoms with Gasteiger partial charge in [-0.15, -0.1) is 0 Å². The van der Waals surface area contributed by atoms with Gasteiger partial charge in [-0.25, -0.2) is 4.79 Å². The molecule has 2 aromatic carbocycles. The van der Waals surface area contributed by atoms with Crippen molar-refractivity contribution in [2.45, 2.75) is 6.42 Å². The summed E-state index contributed by atoms with van der Waals surface area (Å²) >= 11 is 0. The lowest BCUT2D eigenvalue weighted by Crippen LogP contribution is -2.35. The van der Waals surface area contributed by atoms with Crippen LogP contribution < -0.4 is 4.90 Å². The minimum atomic E-state index is -0.652. The number of amides is 1. The number of esters is 1. The molecular weight excluding hydrogens is 342 g/mol. The van der Waals surface area contributed by atoms with Crippen molar-refractivity contribution in [1.29, 1.82) is 10.5 Å². The van der Waals surface area contributed by atoms with Crippen molar-refractivity contribution in [2.75, 3.05) is 18.1 Å². The minimum Gasteiger partial charge on any atom is -0.452 e. The first-order valence-corrected chi connectivity index (χ1v) is 8.21. The molecular formula is C21H17N3O3. The van der Waals surface area contributed by atoms with Gasteiger partial charge in [-0.05, 0) is 35.9 Å². The Morgan fingerprint density at radius 1 is 1.04 bits per heavy atom. The van der Waals surface area contributed by atoms with Crippen molar-refractivity contribution in [3.8, 4) is 12.1 Å². The predicted molar refractivity (Wildman–Crippen MR) is 100 cm³/mol. The highest BCUT2D eigenvalue weighted by Crippen LogP contribution is 2.14. The predicted octanol–water partition coefficient (Wildman–Crippen LogP) is 3.06. The Balaban J connectivity index is 1.93. The van der Waals surface area contributed by atoms with E-state index in [4.69, 9.17) is 15.3 Å². The molecule has 0 aromatic heterocycles. The zero-order valence-corrected chi connectivity index (χ0v) is 14.5. The Labute approximate surface area is 157 Å². The van der Waals surface area contributed by atoms with Gasteiger partial charge in [-0.2, -0.15) is 10.5 Å². The van der Waals surface area contributed by atoms with E-state index in [9.17, 15) is 9.59 Å². The third-order valence-corrected chi connectivity index (χ3v) is 3.61. The van der Waals surface area contributed by atoms with Gasteiger partial charge in [0.15, 0.2) is 6.61 Å². The molecule has 0 saturated carbocycles. The zero-order chi connectivity index (χ0) is 19.5. The second-order valence-corrected chi connectivity index (χ2v) is 5.46. The first kappa shape index (κ1) is 19.4. The molecule has 2 rings (SSSR count). The van der Waals surface area contributed by atoms with E-state index in [2.05, 4.69) is 0 Å². The van der Waals surface area contributed by atoms with Crippen LogP contribution >= 0.6 is 0 Å². The summed E-state index contributed by atoms with van der Waals surface area (Å²) in [6.07, 6.45) is 2.93. The fourth-order valence-corrected chi connectivity index (χ4v) is 2.26. The van der Waals surface area contributed by atoms with E-state index in [1.165, 1.54) is 11.0 Å². The highest BCUT2D eigenvalue weighted by Gasteiger charge is 2.16. The molecule has 2 aromatic rings. The maximum Gasteiger partial charge on any atom is 0.331 e. The Kier molecular flexibility index (Phi) is 7.32. The molecule has 0 atom stereocenters. The van der Waals surface area contributed by atoms with Gasteiger partial charge in [0.05, 0.1) is 24.1 Å². The first-order valence-electron chi connectivity index (χ1n) is 8.21. The Morgan fingerprint density at radius 3 is 2.37 bits per heavy atom. The Morgan fingerprint density at radius 2 is 1.74 bits per heavy atom. The number of hydrogen-bond donors (Lipinski definition) is 0. The molecule has 0 unspecified atom stereocenters. The molecule has 27 heavy (non-hydrogen) atoms. The standard InChI is InChI=1S/C21H17N3O3/c22-13-4-14-24(19-5-2-1-3-6-19)20(25)16-27-21(26)12-11-17-7-9-18(15-23)10-8-17/h1-3,5-12H,4,14,16H2/b12-11+. The van der Waals surface area contributed by atoms with Crippen LogP contribution in [0.2, 0.25) is 0 Å². The van der Waals surface area contributed by atoms with Crippen molar-refractivity contribution < 1.29 is 14.3 Å². The molecule has 0 saturated heterocycles. The van der Waals surface area contributed by atoms with Gasteiger partial charge in [0.2, 0.25) is 0 Å². The number of rotatable bonds is 7. The molecule has 0 spiro atoms. The molecule has 6 nitrogen and oxygen atoms in total. The molecule has 0 aliphatic heterocycles. The largest absolute Gasteiger partial charge is 0.452 e. The summed E-state index contributed by atoms with van der Waals surface area (Å²) in [6.45, 7) is -0.200. The molecule has 0 heterocycles. The summed E-state index contributed by atoms with van der Waals surface area (Å²) in [6, 6.07) is 19.6. The van der Waals surface area contributed by atoms with Gasteiger partial charge >= 0.3 is 5.97 Å². The van der Waals surface area contributed by atoms with Crippen LogP contribution in [0.5, 0.6) is 0 Å². The summed E-state index contributed by atoms with van der Waals surface area (Å²) in [4.78, 5) is 25.6. The second-order valence-electron chi connectivity index (χ2n) is 5.46. The molecule has 0 bridgehead atoms. The van der Waals surface area contributed by atoms with E-state index in [0.29, 0.717) is 11.3 Å². The van der Waals surface area contributed by atoms with Crippen molar-refractivity contribution in [3.05, 3.63) is 71.8 Å². The number of anilines is 1. The second kappa shape index (κ2) is 10.2. The lowest BCUT2D eigenvalue weighted by Gasteiger charge is -2.21. The molecule has 0 radical (unpaired) electrons. The fraction of sp³-hybridized carbons (Fsp3) is 0.143. The van der Waals surface area contributed by atoms with Crippen LogP contribution in [0, 0.1) is 22.7 Å². The van der Waals surface area contributed by atoms with Crippen LogP contribution in [0.3, 0.4) is 0 Å². The minimum absolute atomic E-state index is 0.174. The number of benzene rings is 2. The van der Waals surface area contributed by atoms with E-state index in [0.717, 1.165) is 5.56 Å². The van der Waals surface area contributed by atoms with Gasteiger partial charge in [0.1, 0.15) is 0 Å². The molecule has 1 amide bonds. The number of ether oxygens (including phenoxy) is 1. The summed E-state index contributed by atoms with van der Waals surface area (Å²) in [5.74, 6) is -1.06. The third kappa shape index (κ3) is 6.15. The van der Waals surface area contributed by atoms with Crippen LogP contribution in [0.1, 0.15) is 17.5 Å².